The number of benzene rings is 1. The van der Waals surface area contributed by atoms with Gasteiger partial charge in [-0.05, 0) is 37.8 Å². The van der Waals surface area contributed by atoms with Gasteiger partial charge in [-0.1, -0.05) is 24.3 Å². The van der Waals surface area contributed by atoms with E-state index < -0.39 is 23.2 Å². The molecule has 6 nitrogen and oxygen atoms in total. The van der Waals surface area contributed by atoms with E-state index in [0.29, 0.717) is 6.54 Å². The molecular formula is C20H20N2O4S. The molecule has 0 N–H and O–H groups in total. The first-order valence-corrected chi connectivity index (χ1v) is 9.42. The second-order valence-corrected chi connectivity index (χ2v) is 7.02. The first kappa shape index (κ1) is 19.0. The number of ether oxygens (including phenoxy) is 1. The normalized spacial score (nSPS) is 17.0. The molecule has 27 heavy (non-hydrogen) atoms. The van der Waals surface area contributed by atoms with Crippen LogP contribution in [0, 0.1) is 0 Å². The van der Waals surface area contributed by atoms with E-state index in [9.17, 15) is 14.4 Å². The van der Waals surface area contributed by atoms with Gasteiger partial charge in [-0.15, -0.1) is 6.58 Å². The summed E-state index contributed by atoms with van der Waals surface area (Å²) in [6.07, 6.45) is 5.42. The van der Waals surface area contributed by atoms with Gasteiger partial charge in [-0.2, -0.15) is 0 Å². The second-order valence-electron chi connectivity index (χ2n) is 6.02. The lowest BCUT2D eigenvalue weighted by Gasteiger charge is -2.19. The van der Waals surface area contributed by atoms with Gasteiger partial charge in [-0.3, -0.25) is 14.5 Å². The van der Waals surface area contributed by atoms with Gasteiger partial charge in [0.25, 0.3) is 11.1 Å². The molecule has 1 unspecified atom stereocenters. The third-order valence-electron chi connectivity index (χ3n) is 4.27. The van der Waals surface area contributed by atoms with E-state index in [-0.39, 0.29) is 11.5 Å². The molecule has 7 heteroatoms. The highest BCUT2D eigenvalue weighted by Gasteiger charge is 2.41. The Labute approximate surface area is 161 Å². The zero-order valence-corrected chi connectivity index (χ0v) is 16.0. The van der Waals surface area contributed by atoms with Crippen molar-refractivity contribution >= 4 is 45.9 Å². The number of para-hydroxylation sites is 1. The average molecular weight is 384 g/mol. The summed E-state index contributed by atoms with van der Waals surface area (Å²) in [6, 6.07) is 6.87. The molecule has 2 aromatic rings. The number of esters is 1. The third kappa shape index (κ3) is 3.55. The van der Waals surface area contributed by atoms with E-state index in [4.69, 9.17) is 4.74 Å². The van der Waals surface area contributed by atoms with E-state index in [1.165, 1.54) is 6.92 Å². The molecule has 0 bridgehead atoms. The molecule has 1 atom stereocenters. The van der Waals surface area contributed by atoms with Gasteiger partial charge < -0.3 is 9.30 Å². The molecule has 1 fully saturated rings. The van der Waals surface area contributed by atoms with Crippen molar-refractivity contribution in [2.24, 2.45) is 0 Å². The molecule has 2 heterocycles. The largest absolute Gasteiger partial charge is 0.464 e. The lowest BCUT2D eigenvalue weighted by atomic mass is 10.1. The molecule has 1 aromatic carbocycles. The number of thioether (sulfide) groups is 1. The van der Waals surface area contributed by atoms with Gasteiger partial charge in [0.2, 0.25) is 0 Å². The van der Waals surface area contributed by atoms with E-state index >= 15 is 0 Å². The summed E-state index contributed by atoms with van der Waals surface area (Å²) < 4.78 is 6.96. The summed E-state index contributed by atoms with van der Waals surface area (Å²) in [7, 11) is 0. The summed E-state index contributed by atoms with van der Waals surface area (Å²) in [5.41, 5.74) is 1.85. The minimum absolute atomic E-state index is 0.193. The van der Waals surface area contributed by atoms with Gasteiger partial charge in [0, 0.05) is 29.2 Å². The molecule has 1 saturated heterocycles. The lowest BCUT2D eigenvalue weighted by Crippen LogP contribution is -2.42. The van der Waals surface area contributed by atoms with Crippen LogP contribution in [0.2, 0.25) is 0 Å². The monoisotopic (exact) mass is 384 g/mol. The topological polar surface area (TPSA) is 68.6 Å². The number of imide groups is 1. The van der Waals surface area contributed by atoms with E-state index in [1.807, 2.05) is 35.0 Å². The lowest BCUT2D eigenvalue weighted by molar-refractivity contribution is -0.150. The van der Waals surface area contributed by atoms with Crippen molar-refractivity contribution < 1.29 is 19.1 Å². The molecule has 2 amide bonds. The minimum atomic E-state index is -0.953. The predicted molar refractivity (Wildman–Crippen MR) is 106 cm³/mol. The Hall–Kier alpha value is -2.80. The van der Waals surface area contributed by atoms with Crippen LogP contribution in [0.1, 0.15) is 19.4 Å². The SMILES string of the molecule is C=CCn1cc(C=C2SC(=O)N(C(C)C(=O)OCC)C2=O)c2ccccc21. The molecule has 1 aliphatic heterocycles. The standard InChI is InChI=1S/C20H20N2O4S/c1-4-10-21-12-14(15-8-6-7-9-16(15)21)11-17-18(23)22(20(25)27-17)13(3)19(24)26-5-2/h4,6-9,11-13H,1,5,10H2,2-3H3. The maximum Gasteiger partial charge on any atom is 0.329 e. The number of allylic oxidation sites excluding steroid dienone is 1. The van der Waals surface area contributed by atoms with Crippen molar-refractivity contribution in [3.8, 4) is 0 Å². The first-order valence-electron chi connectivity index (χ1n) is 8.60. The summed E-state index contributed by atoms with van der Waals surface area (Å²) in [6.45, 7) is 7.77. The summed E-state index contributed by atoms with van der Waals surface area (Å²) in [5, 5.41) is 0.506. The average Bonchev–Trinajstić information content (AvgIpc) is 3.13. The molecule has 3 rings (SSSR count). The zero-order chi connectivity index (χ0) is 19.6. The van der Waals surface area contributed by atoms with Gasteiger partial charge in [0.1, 0.15) is 6.04 Å². The number of hydrogen-bond donors (Lipinski definition) is 0. The van der Waals surface area contributed by atoms with E-state index in [0.717, 1.165) is 33.1 Å². The Morgan fingerprint density at radius 3 is 2.78 bits per heavy atom. The van der Waals surface area contributed by atoms with Crippen LogP contribution in [0.5, 0.6) is 0 Å². The Morgan fingerprint density at radius 1 is 1.33 bits per heavy atom. The minimum Gasteiger partial charge on any atom is -0.464 e. The Kier molecular flexibility index (Phi) is 5.51. The number of carbonyl (C=O) groups excluding carboxylic acids is 3. The smallest absolute Gasteiger partial charge is 0.329 e. The van der Waals surface area contributed by atoms with E-state index in [2.05, 4.69) is 6.58 Å². The van der Waals surface area contributed by atoms with Crippen LogP contribution >= 0.6 is 11.8 Å². The Morgan fingerprint density at radius 2 is 2.07 bits per heavy atom. The molecular weight excluding hydrogens is 364 g/mol. The fourth-order valence-electron chi connectivity index (χ4n) is 3.00. The van der Waals surface area contributed by atoms with Crippen molar-refractivity contribution in [2.45, 2.75) is 26.4 Å². The van der Waals surface area contributed by atoms with Gasteiger partial charge in [-0.25, -0.2) is 4.79 Å². The second kappa shape index (κ2) is 7.84. The van der Waals surface area contributed by atoms with Gasteiger partial charge >= 0.3 is 5.97 Å². The fraction of sp³-hybridized carbons (Fsp3) is 0.250. The van der Waals surface area contributed by atoms with Gasteiger partial charge in [0.15, 0.2) is 0 Å². The van der Waals surface area contributed by atoms with Crippen molar-refractivity contribution in [2.75, 3.05) is 6.61 Å². The Balaban J connectivity index is 1.96. The number of rotatable bonds is 6. The van der Waals surface area contributed by atoms with Crippen molar-refractivity contribution in [1.29, 1.82) is 0 Å². The van der Waals surface area contributed by atoms with Crippen LogP contribution in [-0.2, 0) is 20.9 Å². The first-order chi connectivity index (χ1) is 13.0. The highest BCUT2D eigenvalue weighted by Crippen LogP contribution is 2.35. The molecule has 1 aliphatic rings. The van der Waals surface area contributed by atoms with Crippen molar-refractivity contribution in [3.63, 3.8) is 0 Å². The van der Waals surface area contributed by atoms with Gasteiger partial charge in [0.05, 0.1) is 11.5 Å². The molecule has 0 saturated carbocycles. The molecule has 0 aliphatic carbocycles. The van der Waals surface area contributed by atoms with Crippen molar-refractivity contribution in [1.82, 2.24) is 9.47 Å². The van der Waals surface area contributed by atoms with Crippen LogP contribution in [0.4, 0.5) is 4.79 Å². The summed E-state index contributed by atoms with van der Waals surface area (Å²) in [5.74, 6) is -1.07. The number of aromatic nitrogens is 1. The maximum atomic E-state index is 12.7. The summed E-state index contributed by atoms with van der Waals surface area (Å²) >= 11 is 0.833. The van der Waals surface area contributed by atoms with Crippen LogP contribution < -0.4 is 0 Å². The number of fused-ring (bicyclic) bond motifs is 1. The molecule has 0 spiro atoms. The quantitative estimate of drug-likeness (QED) is 0.430. The van der Waals surface area contributed by atoms with Crippen molar-refractivity contribution in [3.05, 3.63) is 53.6 Å². The highest BCUT2D eigenvalue weighted by molar-refractivity contribution is 8.18. The molecule has 0 radical (unpaired) electrons. The maximum absolute atomic E-state index is 12.7. The number of nitrogens with zero attached hydrogens (tertiary/aromatic N) is 2. The predicted octanol–water partition coefficient (Wildman–Crippen LogP) is 3.82. The fourth-order valence-corrected chi connectivity index (χ4v) is 3.90. The van der Waals surface area contributed by atoms with Crippen LogP contribution in [0.15, 0.2) is 48.0 Å². The number of amides is 2. The third-order valence-corrected chi connectivity index (χ3v) is 5.15. The highest BCUT2D eigenvalue weighted by atomic mass is 32.2. The number of hydrogen-bond acceptors (Lipinski definition) is 5. The Bertz CT molecular complexity index is 960. The molecule has 140 valence electrons. The number of carbonyl (C=O) groups is 3. The summed E-state index contributed by atoms with van der Waals surface area (Å²) in [4.78, 5) is 38.2. The van der Waals surface area contributed by atoms with Crippen LogP contribution in [0.3, 0.4) is 0 Å². The molecule has 1 aromatic heterocycles. The van der Waals surface area contributed by atoms with Crippen LogP contribution in [-0.4, -0.2) is 39.2 Å². The van der Waals surface area contributed by atoms with Crippen LogP contribution in [0.25, 0.3) is 17.0 Å². The zero-order valence-electron chi connectivity index (χ0n) is 15.2. The van der Waals surface area contributed by atoms with E-state index in [1.54, 1.807) is 19.1 Å².